The van der Waals surface area contributed by atoms with Crippen molar-refractivity contribution in [3.05, 3.63) is 101 Å². The van der Waals surface area contributed by atoms with Crippen molar-refractivity contribution >= 4 is 5.91 Å². The number of carbonyl (C=O) groups is 1. The van der Waals surface area contributed by atoms with Crippen LogP contribution in [0.3, 0.4) is 0 Å². The van der Waals surface area contributed by atoms with E-state index in [1.54, 1.807) is 25.3 Å². The molecule has 1 aliphatic rings. The Morgan fingerprint density at radius 1 is 0.946 bits per heavy atom. The van der Waals surface area contributed by atoms with Crippen LogP contribution in [0.1, 0.15) is 16.1 Å². The van der Waals surface area contributed by atoms with Crippen molar-refractivity contribution < 1.29 is 14.3 Å². The van der Waals surface area contributed by atoms with Crippen molar-refractivity contribution in [3.8, 4) is 28.4 Å². The van der Waals surface area contributed by atoms with Gasteiger partial charge in [0.2, 0.25) is 0 Å². The van der Waals surface area contributed by atoms with Gasteiger partial charge in [0.25, 0.3) is 5.91 Å². The van der Waals surface area contributed by atoms with Gasteiger partial charge in [-0.3, -0.25) is 9.36 Å². The molecular weight excluding hydrogens is 468 g/mol. The predicted molar refractivity (Wildman–Crippen MR) is 143 cm³/mol. The van der Waals surface area contributed by atoms with Crippen molar-refractivity contribution in [2.24, 2.45) is 0 Å². The van der Waals surface area contributed by atoms with Gasteiger partial charge in [0.15, 0.2) is 11.5 Å². The zero-order valence-corrected chi connectivity index (χ0v) is 20.9. The van der Waals surface area contributed by atoms with E-state index in [1.165, 1.54) is 11.7 Å². The molecule has 0 radical (unpaired) electrons. The Balaban J connectivity index is 1.64. The SMILES string of the molecule is COc1cccc(-n2c(-c3ccccc3)c(C(=O)N3CCNC[C@H]3Cc3ccccc3)[nH]c2=O)c1OC. The second-order valence-electron chi connectivity index (χ2n) is 8.91. The average Bonchev–Trinajstić information content (AvgIpc) is 3.30. The Morgan fingerprint density at radius 2 is 1.68 bits per heavy atom. The summed E-state index contributed by atoms with van der Waals surface area (Å²) in [6, 6.07) is 24.9. The van der Waals surface area contributed by atoms with Gasteiger partial charge in [-0.25, -0.2) is 4.79 Å². The fourth-order valence-electron chi connectivity index (χ4n) is 4.98. The second-order valence-corrected chi connectivity index (χ2v) is 8.91. The number of carbonyl (C=O) groups excluding carboxylic acids is 1. The number of imidazole rings is 1. The summed E-state index contributed by atoms with van der Waals surface area (Å²) in [7, 11) is 3.08. The van der Waals surface area contributed by atoms with E-state index in [9.17, 15) is 9.59 Å². The minimum absolute atomic E-state index is 0.0505. The minimum atomic E-state index is -0.427. The van der Waals surface area contributed by atoms with Crippen molar-refractivity contribution in [2.45, 2.75) is 12.5 Å². The zero-order chi connectivity index (χ0) is 25.8. The fourth-order valence-corrected chi connectivity index (χ4v) is 4.98. The molecule has 1 amide bonds. The van der Waals surface area contributed by atoms with Crippen LogP contribution in [-0.2, 0) is 6.42 Å². The molecule has 1 atom stereocenters. The number of aromatic nitrogens is 2. The third-order valence-electron chi connectivity index (χ3n) is 6.70. The second kappa shape index (κ2) is 10.8. The molecule has 3 aromatic carbocycles. The Hall–Kier alpha value is -4.30. The van der Waals surface area contributed by atoms with Gasteiger partial charge >= 0.3 is 5.69 Å². The van der Waals surface area contributed by atoms with E-state index in [1.807, 2.05) is 53.4 Å². The number of piperazine rings is 1. The van der Waals surface area contributed by atoms with Crippen molar-refractivity contribution in [3.63, 3.8) is 0 Å². The number of amides is 1. The molecule has 0 saturated carbocycles. The van der Waals surface area contributed by atoms with Gasteiger partial charge in [0.05, 0.1) is 25.6 Å². The van der Waals surface area contributed by atoms with Crippen molar-refractivity contribution in [1.29, 1.82) is 0 Å². The highest BCUT2D eigenvalue weighted by Gasteiger charge is 2.32. The predicted octanol–water partition coefficient (Wildman–Crippen LogP) is 3.51. The number of H-pyrrole nitrogens is 1. The number of nitrogens with zero attached hydrogens (tertiary/aromatic N) is 2. The van der Waals surface area contributed by atoms with Crippen LogP contribution in [0.15, 0.2) is 83.7 Å². The first kappa shape index (κ1) is 24.4. The van der Waals surface area contributed by atoms with Crippen LogP contribution in [0.4, 0.5) is 0 Å². The third kappa shape index (κ3) is 4.75. The monoisotopic (exact) mass is 498 g/mol. The summed E-state index contributed by atoms with van der Waals surface area (Å²) < 4.78 is 12.6. The lowest BCUT2D eigenvalue weighted by molar-refractivity contribution is 0.0631. The molecule has 0 spiro atoms. The first-order valence-electron chi connectivity index (χ1n) is 12.3. The molecule has 5 rings (SSSR count). The van der Waals surface area contributed by atoms with Gasteiger partial charge in [-0.1, -0.05) is 66.7 Å². The van der Waals surface area contributed by atoms with Gasteiger partial charge in [0, 0.05) is 31.2 Å². The smallest absolute Gasteiger partial charge is 0.331 e. The van der Waals surface area contributed by atoms with Gasteiger partial charge in [-0.2, -0.15) is 0 Å². The first-order valence-corrected chi connectivity index (χ1v) is 12.3. The zero-order valence-electron chi connectivity index (χ0n) is 20.9. The quantitative estimate of drug-likeness (QED) is 0.407. The molecule has 2 heterocycles. The van der Waals surface area contributed by atoms with Crippen molar-refractivity contribution in [2.75, 3.05) is 33.9 Å². The highest BCUT2D eigenvalue weighted by molar-refractivity contribution is 5.99. The highest BCUT2D eigenvalue weighted by atomic mass is 16.5. The molecule has 8 heteroatoms. The first-order chi connectivity index (χ1) is 18.1. The average molecular weight is 499 g/mol. The summed E-state index contributed by atoms with van der Waals surface area (Å²) in [5.41, 5.74) is 2.69. The molecule has 37 heavy (non-hydrogen) atoms. The maximum atomic E-state index is 14.1. The number of rotatable bonds is 7. The third-order valence-corrected chi connectivity index (χ3v) is 6.70. The maximum absolute atomic E-state index is 14.1. The van der Waals surface area contributed by atoms with Crippen molar-refractivity contribution in [1.82, 2.24) is 19.8 Å². The summed E-state index contributed by atoms with van der Waals surface area (Å²) in [6.45, 7) is 1.91. The minimum Gasteiger partial charge on any atom is -0.493 e. The number of aromatic amines is 1. The van der Waals surface area contributed by atoms with E-state index >= 15 is 0 Å². The molecule has 1 fully saturated rings. The molecule has 1 saturated heterocycles. The molecule has 0 bridgehead atoms. The van der Waals surface area contributed by atoms with Crippen LogP contribution in [0, 0.1) is 0 Å². The largest absolute Gasteiger partial charge is 0.493 e. The van der Waals surface area contributed by atoms with Gasteiger partial charge < -0.3 is 24.7 Å². The molecule has 1 aliphatic heterocycles. The summed E-state index contributed by atoms with van der Waals surface area (Å²) in [5.74, 6) is 0.690. The van der Waals surface area contributed by atoms with Crippen LogP contribution in [0.25, 0.3) is 16.9 Å². The van der Waals surface area contributed by atoms with E-state index in [2.05, 4.69) is 22.4 Å². The summed E-state index contributed by atoms with van der Waals surface area (Å²) in [4.78, 5) is 32.4. The molecule has 4 aromatic rings. The molecule has 2 N–H and O–H groups in total. The van der Waals surface area contributed by atoms with E-state index < -0.39 is 5.69 Å². The van der Waals surface area contributed by atoms with Crippen LogP contribution in [-0.4, -0.2) is 60.3 Å². The topological polar surface area (TPSA) is 88.6 Å². The van der Waals surface area contributed by atoms with E-state index in [-0.39, 0.29) is 17.6 Å². The van der Waals surface area contributed by atoms with Crippen LogP contribution in [0.2, 0.25) is 0 Å². The summed E-state index contributed by atoms with van der Waals surface area (Å²) in [5, 5.41) is 3.41. The number of ether oxygens (including phenoxy) is 2. The standard InChI is InChI=1S/C29H30N4O4/c1-36-24-15-9-14-23(27(24)37-2)33-26(21-12-7-4-8-13-21)25(31-29(33)35)28(34)32-17-16-30-19-22(32)18-20-10-5-3-6-11-20/h3-15,22,30H,16-19H2,1-2H3,(H,31,35)/t22-/m1/s1. The fraction of sp³-hybridized carbons (Fsp3) is 0.241. The Morgan fingerprint density at radius 3 is 2.38 bits per heavy atom. The summed E-state index contributed by atoms with van der Waals surface area (Å²) in [6.07, 6.45) is 0.717. The Kier molecular flexibility index (Phi) is 7.09. The molecule has 1 aromatic heterocycles. The lowest BCUT2D eigenvalue weighted by Gasteiger charge is -2.36. The molecule has 0 unspecified atom stereocenters. The highest BCUT2D eigenvalue weighted by Crippen LogP contribution is 2.36. The van der Waals surface area contributed by atoms with Crippen LogP contribution >= 0.6 is 0 Å². The van der Waals surface area contributed by atoms with E-state index in [0.29, 0.717) is 42.5 Å². The number of hydrogen-bond acceptors (Lipinski definition) is 5. The number of hydrogen-bond donors (Lipinski definition) is 2. The van der Waals surface area contributed by atoms with Gasteiger partial charge in [-0.05, 0) is 24.1 Å². The van der Waals surface area contributed by atoms with E-state index in [0.717, 1.165) is 17.5 Å². The van der Waals surface area contributed by atoms with Crippen LogP contribution in [0.5, 0.6) is 11.5 Å². The summed E-state index contributed by atoms with van der Waals surface area (Å²) >= 11 is 0. The van der Waals surface area contributed by atoms with Crippen LogP contribution < -0.4 is 20.5 Å². The lowest BCUT2D eigenvalue weighted by Crippen LogP contribution is -2.54. The Labute approximate surface area is 215 Å². The normalized spacial score (nSPS) is 15.4. The number of benzene rings is 3. The lowest BCUT2D eigenvalue weighted by atomic mass is 10.0. The molecule has 190 valence electrons. The Bertz CT molecular complexity index is 1430. The van der Waals surface area contributed by atoms with Gasteiger partial charge in [-0.15, -0.1) is 0 Å². The number of methoxy groups -OCH3 is 2. The van der Waals surface area contributed by atoms with Gasteiger partial charge in [0.1, 0.15) is 5.69 Å². The number of para-hydroxylation sites is 1. The number of nitrogens with one attached hydrogen (secondary N) is 2. The molecule has 8 nitrogen and oxygen atoms in total. The molecular formula is C29H30N4O4. The van der Waals surface area contributed by atoms with E-state index in [4.69, 9.17) is 9.47 Å². The molecule has 0 aliphatic carbocycles. The maximum Gasteiger partial charge on any atom is 0.331 e.